The van der Waals surface area contributed by atoms with Crippen LogP contribution in [0, 0.1) is 6.92 Å². The van der Waals surface area contributed by atoms with Crippen molar-refractivity contribution in [2.24, 2.45) is 0 Å². The van der Waals surface area contributed by atoms with E-state index < -0.39 is 0 Å². The molecule has 0 saturated heterocycles. The molecule has 0 atom stereocenters. The van der Waals surface area contributed by atoms with Gasteiger partial charge in [-0.05, 0) is 41.6 Å². The van der Waals surface area contributed by atoms with Crippen LogP contribution in [0.25, 0.3) is 16.2 Å². The normalized spacial score (nSPS) is 11.2. The number of aryl methyl sites for hydroxylation is 1. The summed E-state index contributed by atoms with van der Waals surface area (Å²) in [5.74, 6) is 0.860. The fraction of sp³-hybridized carbons (Fsp3) is 0.118. The van der Waals surface area contributed by atoms with Gasteiger partial charge < -0.3 is 0 Å². The lowest BCUT2D eigenvalue weighted by Crippen LogP contribution is -1.96. The van der Waals surface area contributed by atoms with Gasteiger partial charge in [0.1, 0.15) is 5.69 Å². The average Bonchev–Trinajstić information content (AvgIpc) is 3.23. The summed E-state index contributed by atoms with van der Waals surface area (Å²) in [4.78, 5) is 1.15. The molecule has 0 fully saturated rings. The van der Waals surface area contributed by atoms with Crippen molar-refractivity contribution in [3.05, 3.63) is 65.0 Å². The number of thiophene rings is 1. The van der Waals surface area contributed by atoms with E-state index in [2.05, 4.69) is 52.8 Å². The minimum absolute atomic E-state index is 0.776. The highest BCUT2D eigenvalue weighted by molar-refractivity contribution is 7.98. The van der Waals surface area contributed by atoms with E-state index in [0.717, 1.165) is 27.1 Å². The quantitative estimate of drug-likeness (QED) is 0.516. The number of nitrogens with zero attached hydrogens (tertiary/aromatic N) is 4. The third-order valence-electron chi connectivity index (χ3n) is 3.63. The van der Waals surface area contributed by atoms with Crippen LogP contribution in [0.1, 0.15) is 11.1 Å². The van der Waals surface area contributed by atoms with Crippen molar-refractivity contribution in [1.82, 2.24) is 19.8 Å². The molecule has 4 nitrogen and oxygen atoms in total. The maximum Gasteiger partial charge on any atom is 0.212 e. The fourth-order valence-corrected chi connectivity index (χ4v) is 3.98. The molecular weight excluding hydrogens is 324 g/mol. The molecule has 0 amide bonds. The second-order valence-electron chi connectivity index (χ2n) is 5.16. The second-order valence-corrected chi connectivity index (χ2v) is 7.05. The lowest BCUT2D eigenvalue weighted by atomic mass is 10.1. The summed E-state index contributed by atoms with van der Waals surface area (Å²) < 4.78 is 1.83. The Balaban J connectivity index is 1.65. The van der Waals surface area contributed by atoms with Crippen LogP contribution in [0.4, 0.5) is 0 Å². The van der Waals surface area contributed by atoms with Crippen LogP contribution in [0.2, 0.25) is 0 Å². The first kappa shape index (κ1) is 14.4. The molecule has 0 aliphatic carbocycles. The third-order valence-corrected chi connectivity index (χ3v) is 5.49. The molecule has 0 bridgehead atoms. The van der Waals surface area contributed by atoms with Gasteiger partial charge in [-0.3, -0.25) is 0 Å². The van der Waals surface area contributed by atoms with E-state index in [1.54, 1.807) is 23.1 Å². The highest BCUT2D eigenvalue weighted by Gasteiger charge is 2.10. The van der Waals surface area contributed by atoms with Crippen molar-refractivity contribution in [2.45, 2.75) is 17.8 Å². The van der Waals surface area contributed by atoms with E-state index in [9.17, 15) is 0 Å². The summed E-state index contributed by atoms with van der Waals surface area (Å²) in [6, 6.07) is 16.5. The average molecular weight is 338 g/mol. The van der Waals surface area contributed by atoms with Gasteiger partial charge in [0, 0.05) is 5.75 Å². The number of aromatic nitrogens is 4. The van der Waals surface area contributed by atoms with Crippen molar-refractivity contribution >= 4 is 28.7 Å². The van der Waals surface area contributed by atoms with E-state index in [1.807, 2.05) is 22.7 Å². The van der Waals surface area contributed by atoms with Crippen LogP contribution in [0.3, 0.4) is 0 Å². The number of fused-ring (bicyclic) bond motifs is 1. The van der Waals surface area contributed by atoms with E-state index >= 15 is 0 Å². The molecule has 4 aromatic rings. The van der Waals surface area contributed by atoms with Crippen molar-refractivity contribution in [3.8, 4) is 10.6 Å². The molecule has 4 rings (SSSR count). The summed E-state index contributed by atoms with van der Waals surface area (Å²) in [6.45, 7) is 2.13. The molecule has 3 heterocycles. The van der Waals surface area contributed by atoms with Gasteiger partial charge >= 0.3 is 0 Å². The lowest BCUT2D eigenvalue weighted by molar-refractivity contribution is 0.813. The first-order chi connectivity index (χ1) is 11.3. The van der Waals surface area contributed by atoms with E-state index in [4.69, 9.17) is 5.10 Å². The Bertz CT molecular complexity index is 944. The number of benzene rings is 1. The summed E-state index contributed by atoms with van der Waals surface area (Å²) >= 11 is 3.34. The zero-order chi connectivity index (χ0) is 15.6. The van der Waals surface area contributed by atoms with Gasteiger partial charge in [0.05, 0.1) is 4.88 Å². The maximum atomic E-state index is 4.69. The largest absolute Gasteiger partial charge is 0.212 e. The zero-order valence-electron chi connectivity index (χ0n) is 12.5. The molecule has 0 aliphatic heterocycles. The van der Waals surface area contributed by atoms with Crippen LogP contribution < -0.4 is 0 Å². The monoisotopic (exact) mass is 338 g/mol. The molecular formula is C17H14N4S2. The zero-order valence-corrected chi connectivity index (χ0v) is 14.1. The van der Waals surface area contributed by atoms with Crippen LogP contribution in [0.15, 0.2) is 59.1 Å². The number of hydrogen-bond acceptors (Lipinski definition) is 5. The van der Waals surface area contributed by atoms with Crippen molar-refractivity contribution in [3.63, 3.8) is 0 Å². The fourth-order valence-electron chi connectivity index (χ4n) is 2.33. The molecule has 0 unspecified atom stereocenters. The number of rotatable bonds is 4. The van der Waals surface area contributed by atoms with Crippen LogP contribution in [-0.4, -0.2) is 19.8 Å². The predicted molar refractivity (Wildman–Crippen MR) is 94.8 cm³/mol. The molecule has 0 saturated carbocycles. The molecule has 0 spiro atoms. The van der Waals surface area contributed by atoms with Crippen molar-refractivity contribution < 1.29 is 0 Å². The van der Waals surface area contributed by atoms with E-state index in [0.29, 0.717) is 0 Å². The Hall–Kier alpha value is -2.18. The highest BCUT2D eigenvalue weighted by Crippen LogP contribution is 2.26. The topological polar surface area (TPSA) is 43.1 Å². The molecule has 114 valence electrons. The summed E-state index contributed by atoms with van der Waals surface area (Å²) in [5, 5.41) is 16.1. The smallest absolute Gasteiger partial charge is 0.187 e. The summed E-state index contributed by atoms with van der Waals surface area (Å²) in [7, 11) is 0. The molecule has 1 aromatic carbocycles. The minimum atomic E-state index is 0.776. The van der Waals surface area contributed by atoms with Crippen molar-refractivity contribution in [2.75, 3.05) is 0 Å². The molecule has 3 aromatic heterocycles. The van der Waals surface area contributed by atoms with Gasteiger partial charge in [0.25, 0.3) is 0 Å². The van der Waals surface area contributed by atoms with Crippen LogP contribution in [-0.2, 0) is 5.75 Å². The van der Waals surface area contributed by atoms with Gasteiger partial charge in [0.2, 0.25) is 5.16 Å². The predicted octanol–water partition coefficient (Wildman–Crippen LogP) is 4.45. The SMILES string of the molecule is Cc1ccccc1CSc1nnc2ccc(-c3cccs3)nn12. The van der Waals surface area contributed by atoms with Gasteiger partial charge in [-0.2, -0.15) is 9.61 Å². The number of thioether (sulfide) groups is 1. The molecule has 0 radical (unpaired) electrons. The minimum Gasteiger partial charge on any atom is -0.187 e. The number of hydrogen-bond donors (Lipinski definition) is 0. The van der Waals surface area contributed by atoms with Gasteiger partial charge in [-0.1, -0.05) is 42.1 Å². The summed E-state index contributed by atoms with van der Waals surface area (Å²) in [5.41, 5.74) is 4.33. The first-order valence-electron chi connectivity index (χ1n) is 7.25. The Labute approximate surface area is 142 Å². The molecule has 23 heavy (non-hydrogen) atoms. The van der Waals surface area contributed by atoms with Gasteiger partial charge in [-0.25, -0.2) is 0 Å². The molecule has 0 aliphatic rings. The lowest BCUT2D eigenvalue weighted by Gasteiger charge is -2.04. The highest BCUT2D eigenvalue weighted by atomic mass is 32.2. The standard InChI is InChI=1S/C17H14N4S2/c1-12-5-2-3-6-13(12)11-23-17-19-18-16-9-8-14(20-21(16)17)15-7-4-10-22-15/h2-10H,11H2,1H3. The van der Waals surface area contributed by atoms with E-state index in [1.165, 1.54) is 11.1 Å². The Morgan fingerprint density at radius 2 is 1.96 bits per heavy atom. The maximum absolute atomic E-state index is 4.69. The van der Waals surface area contributed by atoms with E-state index in [-0.39, 0.29) is 0 Å². The summed E-state index contributed by atoms with van der Waals surface area (Å²) in [6.07, 6.45) is 0. The van der Waals surface area contributed by atoms with Gasteiger partial charge in [-0.15, -0.1) is 21.5 Å². The second kappa shape index (κ2) is 6.14. The first-order valence-corrected chi connectivity index (χ1v) is 9.11. The molecule has 6 heteroatoms. The third kappa shape index (κ3) is 2.87. The van der Waals surface area contributed by atoms with Crippen LogP contribution >= 0.6 is 23.1 Å². The Morgan fingerprint density at radius 1 is 1.04 bits per heavy atom. The van der Waals surface area contributed by atoms with Gasteiger partial charge in [0.15, 0.2) is 5.65 Å². The Kier molecular flexibility index (Phi) is 3.85. The van der Waals surface area contributed by atoms with Crippen LogP contribution in [0.5, 0.6) is 0 Å². The Morgan fingerprint density at radius 3 is 2.78 bits per heavy atom. The van der Waals surface area contributed by atoms with Crippen molar-refractivity contribution in [1.29, 1.82) is 0 Å². The molecule has 0 N–H and O–H groups in total.